The lowest BCUT2D eigenvalue weighted by Crippen LogP contribution is -2.56. The highest BCUT2D eigenvalue weighted by molar-refractivity contribution is 6.30. The van der Waals surface area contributed by atoms with Crippen LogP contribution in [0.15, 0.2) is 30.6 Å². The second-order valence-electron chi connectivity index (χ2n) is 8.15. The molecule has 1 fully saturated rings. The van der Waals surface area contributed by atoms with Crippen molar-refractivity contribution < 1.29 is 28.2 Å². The van der Waals surface area contributed by atoms with Crippen molar-refractivity contribution in [1.82, 2.24) is 14.9 Å². The number of rotatable bonds is 6. The quantitative estimate of drug-likeness (QED) is 0.555. The molecule has 1 aromatic heterocycles. The number of hydrogen-bond acceptors (Lipinski definition) is 5. The van der Waals surface area contributed by atoms with E-state index in [2.05, 4.69) is 9.97 Å². The number of alkyl halides is 3. The fraction of sp³-hybridized carbons (Fsp3) is 0.500. The van der Waals surface area contributed by atoms with Crippen LogP contribution in [0.4, 0.5) is 23.9 Å². The van der Waals surface area contributed by atoms with E-state index < -0.39 is 17.8 Å². The number of anilines is 1. The summed E-state index contributed by atoms with van der Waals surface area (Å²) in [7, 11) is 0. The number of aromatic hydroxyl groups is 1. The lowest BCUT2D eigenvalue weighted by Gasteiger charge is -2.46. The van der Waals surface area contributed by atoms with E-state index in [1.54, 1.807) is 4.90 Å². The van der Waals surface area contributed by atoms with E-state index in [1.165, 1.54) is 23.4 Å². The van der Waals surface area contributed by atoms with E-state index in [9.17, 15) is 28.2 Å². The zero-order valence-electron chi connectivity index (χ0n) is 18.3. The maximum atomic E-state index is 13.3. The van der Waals surface area contributed by atoms with Gasteiger partial charge in [0.1, 0.15) is 0 Å². The van der Waals surface area contributed by atoms with Crippen LogP contribution in [-0.4, -0.2) is 49.3 Å². The zero-order chi connectivity index (χ0) is 24.3. The topological polar surface area (TPSA) is 89.8 Å². The molecule has 11 heteroatoms. The van der Waals surface area contributed by atoms with Crippen LogP contribution in [0.2, 0.25) is 5.02 Å². The van der Waals surface area contributed by atoms with Gasteiger partial charge in [0, 0.05) is 29.7 Å². The van der Waals surface area contributed by atoms with Gasteiger partial charge in [-0.1, -0.05) is 25.4 Å². The first-order chi connectivity index (χ1) is 15.5. The van der Waals surface area contributed by atoms with Crippen LogP contribution < -0.4 is 4.90 Å². The Morgan fingerprint density at radius 2 is 1.73 bits per heavy atom. The highest BCUT2D eigenvalue weighted by Crippen LogP contribution is 2.35. The average molecular weight is 487 g/mol. The molecule has 0 saturated carbocycles. The van der Waals surface area contributed by atoms with Crippen molar-refractivity contribution in [3.63, 3.8) is 0 Å². The molecule has 1 saturated heterocycles. The van der Waals surface area contributed by atoms with E-state index in [4.69, 9.17) is 11.6 Å². The third kappa shape index (κ3) is 5.79. The minimum atomic E-state index is -4.55. The number of nitrogens with zero attached hydrogens (tertiary/aromatic N) is 4. The summed E-state index contributed by atoms with van der Waals surface area (Å²) in [6, 6.07) is 2.64. The molecule has 2 aromatic rings. The van der Waals surface area contributed by atoms with Gasteiger partial charge in [0.25, 0.3) is 0 Å². The van der Waals surface area contributed by atoms with Crippen LogP contribution >= 0.6 is 11.6 Å². The number of likely N-dealkylation sites (tertiary alicyclic amines) is 1. The Morgan fingerprint density at radius 3 is 2.21 bits per heavy atom. The molecule has 2 unspecified atom stereocenters. The molecule has 0 radical (unpaired) electrons. The Bertz CT molecular complexity index is 960. The molecule has 0 bridgehead atoms. The second-order valence-corrected chi connectivity index (χ2v) is 8.59. The predicted octanol–water partition coefficient (Wildman–Crippen LogP) is 5.56. The highest BCUT2D eigenvalue weighted by Gasteiger charge is 2.40. The van der Waals surface area contributed by atoms with Crippen molar-refractivity contribution in [2.24, 2.45) is 0 Å². The summed E-state index contributed by atoms with van der Waals surface area (Å²) in [6.07, 6.45) is -0.966. The van der Waals surface area contributed by atoms with Gasteiger partial charge in [0.05, 0.1) is 18.0 Å². The Kier molecular flexibility index (Phi) is 7.56. The van der Waals surface area contributed by atoms with Crippen LogP contribution in [0.5, 0.6) is 5.75 Å². The van der Waals surface area contributed by atoms with Crippen LogP contribution in [-0.2, 0) is 12.7 Å². The van der Waals surface area contributed by atoms with Crippen molar-refractivity contribution in [2.75, 3.05) is 4.90 Å². The Hall–Kier alpha value is -2.75. The summed E-state index contributed by atoms with van der Waals surface area (Å²) in [5.41, 5.74) is -0.525. The van der Waals surface area contributed by atoms with Gasteiger partial charge < -0.3 is 20.0 Å². The maximum Gasteiger partial charge on any atom is 0.416 e. The Morgan fingerprint density at radius 1 is 1.15 bits per heavy atom. The summed E-state index contributed by atoms with van der Waals surface area (Å²) in [4.78, 5) is 23.5. The van der Waals surface area contributed by atoms with Gasteiger partial charge in [-0.25, -0.2) is 14.8 Å². The molecule has 0 aliphatic carbocycles. The Balaban J connectivity index is 2.00. The smallest absolute Gasteiger partial charge is 0.416 e. The van der Waals surface area contributed by atoms with Crippen LogP contribution in [0.25, 0.3) is 0 Å². The lowest BCUT2D eigenvalue weighted by atomic mass is 9.87. The molecule has 1 aliphatic rings. The van der Waals surface area contributed by atoms with E-state index in [0.29, 0.717) is 31.2 Å². The standard InChI is InChI=1S/C22H26ClF3N4O3/c1-3-16-8-18(9-17(4-2)30(16)21(32)33)29(20-27-10-19(31)11-28-20)12-13-5-14(22(24,25)26)7-15(23)6-13/h5-7,10-11,16-18,31H,3-4,8-9,12H2,1-2H3,(H,32,33). The number of carboxylic acid groups (broad SMARTS) is 1. The van der Waals surface area contributed by atoms with Gasteiger partial charge >= 0.3 is 12.3 Å². The minimum absolute atomic E-state index is 0.0371. The highest BCUT2D eigenvalue weighted by atomic mass is 35.5. The molecule has 2 atom stereocenters. The van der Waals surface area contributed by atoms with E-state index in [-0.39, 0.29) is 41.4 Å². The second kappa shape index (κ2) is 10.0. The summed E-state index contributed by atoms with van der Waals surface area (Å²) in [5, 5.41) is 19.3. The number of hydrogen-bond donors (Lipinski definition) is 2. The minimum Gasteiger partial charge on any atom is -0.505 e. The number of halogens is 4. The first kappa shape index (κ1) is 24.9. The van der Waals surface area contributed by atoms with Crippen LogP contribution in [0.1, 0.15) is 50.7 Å². The monoisotopic (exact) mass is 486 g/mol. The van der Waals surface area contributed by atoms with E-state index >= 15 is 0 Å². The van der Waals surface area contributed by atoms with Crippen molar-refractivity contribution in [3.8, 4) is 5.75 Å². The predicted molar refractivity (Wildman–Crippen MR) is 117 cm³/mol. The molecule has 2 heterocycles. The first-order valence-corrected chi connectivity index (χ1v) is 11.1. The number of piperidine rings is 1. The van der Waals surface area contributed by atoms with Gasteiger partial charge in [0.2, 0.25) is 5.95 Å². The SMILES string of the molecule is CCC1CC(N(Cc2cc(Cl)cc(C(F)(F)F)c2)c2ncc(O)cn2)CC(CC)N1C(=O)O. The summed E-state index contributed by atoms with van der Waals surface area (Å²) in [6.45, 7) is 3.85. The van der Waals surface area contributed by atoms with Gasteiger partial charge in [0.15, 0.2) is 5.75 Å². The molecular formula is C22H26ClF3N4O3. The largest absolute Gasteiger partial charge is 0.505 e. The summed E-state index contributed by atoms with van der Waals surface area (Å²) < 4.78 is 40.0. The molecular weight excluding hydrogens is 461 g/mol. The molecule has 0 spiro atoms. The normalized spacial score (nSPS) is 21.2. The number of amides is 1. The molecule has 1 aliphatic heterocycles. The van der Waals surface area contributed by atoms with Gasteiger partial charge in [-0.15, -0.1) is 0 Å². The number of carbonyl (C=O) groups is 1. The number of aromatic nitrogens is 2. The molecule has 180 valence electrons. The van der Waals surface area contributed by atoms with E-state index in [1.807, 2.05) is 13.8 Å². The molecule has 1 aromatic carbocycles. The van der Waals surface area contributed by atoms with E-state index in [0.717, 1.165) is 12.1 Å². The van der Waals surface area contributed by atoms with Crippen molar-refractivity contribution in [3.05, 3.63) is 46.7 Å². The average Bonchev–Trinajstić information content (AvgIpc) is 2.76. The van der Waals surface area contributed by atoms with Crippen molar-refractivity contribution >= 4 is 23.6 Å². The molecule has 3 rings (SSSR count). The van der Waals surface area contributed by atoms with Gasteiger partial charge in [-0.2, -0.15) is 13.2 Å². The van der Waals surface area contributed by atoms with Crippen LogP contribution in [0.3, 0.4) is 0 Å². The van der Waals surface area contributed by atoms with Crippen molar-refractivity contribution in [1.29, 1.82) is 0 Å². The molecule has 33 heavy (non-hydrogen) atoms. The third-order valence-corrected chi connectivity index (χ3v) is 6.22. The van der Waals surface area contributed by atoms with Crippen molar-refractivity contribution in [2.45, 2.75) is 70.4 Å². The van der Waals surface area contributed by atoms with Gasteiger partial charge in [-0.3, -0.25) is 0 Å². The fourth-order valence-corrected chi connectivity index (χ4v) is 4.73. The third-order valence-electron chi connectivity index (χ3n) is 6.00. The fourth-order valence-electron chi connectivity index (χ4n) is 4.47. The lowest BCUT2D eigenvalue weighted by molar-refractivity contribution is -0.137. The zero-order valence-corrected chi connectivity index (χ0v) is 19.0. The van der Waals surface area contributed by atoms with Gasteiger partial charge in [-0.05, 0) is 49.4 Å². The maximum absolute atomic E-state index is 13.3. The first-order valence-electron chi connectivity index (χ1n) is 10.7. The molecule has 1 amide bonds. The molecule has 7 nitrogen and oxygen atoms in total. The van der Waals surface area contributed by atoms with Crippen LogP contribution in [0, 0.1) is 0 Å². The summed E-state index contributed by atoms with van der Waals surface area (Å²) in [5.74, 6) is 0.0965. The summed E-state index contributed by atoms with van der Waals surface area (Å²) >= 11 is 5.98. The molecule has 2 N–H and O–H groups in total. The number of benzene rings is 1. The Labute approximate surface area is 194 Å².